The minimum atomic E-state index is -3.73. The Bertz CT molecular complexity index is 1500. The number of aryl methyl sites for hydroxylation is 1. The molecule has 0 amide bonds. The van der Waals surface area contributed by atoms with Gasteiger partial charge in [0.15, 0.2) is 0 Å². The highest BCUT2D eigenvalue weighted by atomic mass is 32.2. The molecule has 0 radical (unpaired) electrons. The molecule has 5 nitrogen and oxygen atoms in total. The molecular formula is C30H28N2O3S. The maximum atomic E-state index is 13.7. The summed E-state index contributed by atoms with van der Waals surface area (Å²) in [5.74, 6) is 0.718. The Labute approximate surface area is 212 Å². The van der Waals surface area contributed by atoms with Crippen molar-refractivity contribution in [3.63, 3.8) is 0 Å². The Balaban J connectivity index is 1.73. The van der Waals surface area contributed by atoms with E-state index >= 15 is 0 Å². The molecule has 0 aliphatic carbocycles. The van der Waals surface area contributed by atoms with Crippen molar-refractivity contribution < 1.29 is 13.2 Å². The Morgan fingerprint density at radius 1 is 0.778 bits per heavy atom. The van der Waals surface area contributed by atoms with Gasteiger partial charge in [0.05, 0.1) is 23.4 Å². The van der Waals surface area contributed by atoms with Crippen molar-refractivity contribution in [3.8, 4) is 5.75 Å². The van der Waals surface area contributed by atoms with Gasteiger partial charge in [-0.1, -0.05) is 72.3 Å². The van der Waals surface area contributed by atoms with Crippen molar-refractivity contribution in [3.05, 3.63) is 120 Å². The molecule has 0 saturated carbocycles. The maximum absolute atomic E-state index is 13.7. The number of methoxy groups -OCH3 is 1. The second-order valence-electron chi connectivity index (χ2n) is 8.71. The van der Waals surface area contributed by atoms with E-state index in [0.29, 0.717) is 0 Å². The Hall–Kier alpha value is -3.87. The summed E-state index contributed by atoms with van der Waals surface area (Å²) in [5.41, 5.74) is 5.65. The average molecular weight is 497 g/mol. The van der Waals surface area contributed by atoms with Gasteiger partial charge in [-0.25, -0.2) is 8.42 Å². The number of nitrogens with zero attached hydrogens (tertiary/aromatic N) is 2. The van der Waals surface area contributed by atoms with Crippen LogP contribution in [0.1, 0.15) is 16.7 Å². The molecule has 0 spiro atoms. The van der Waals surface area contributed by atoms with Crippen LogP contribution in [0.4, 0.5) is 17.1 Å². The summed E-state index contributed by atoms with van der Waals surface area (Å²) in [6.07, 6.45) is 3.85. The van der Waals surface area contributed by atoms with Crippen molar-refractivity contribution >= 4 is 33.2 Å². The number of fused-ring (bicyclic) bond motifs is 2. The van der Waals surface area contributed by atoms with E-state index in [4.69, 9.17) is 4.74 Å². The number of ether oxygens (including phenoxy) is 1. The highest BCUT2D eigenvalue weighted by molar-refractivity contribution is 7.89. The topological polar surface area (TPSA) is 49.9 Å². The molecule has 1 heterocycles. The Morgan fingerprint density at radius 2 is 1.47 bits per heavy atom. The van der Waals surface area contributed by atoms with E-state index in [9.17, 15) is 8.42 Å². The molecule has 0 saturated heterocycles. The number of para-hydroxylation sites is 2. The normalized spacial score (nSPS) is 15.0. The van der Waals surface area contributed by atoms with E-state index in [1.807, 2.05) is 85.8 Å². The zero-order valence-corrected chi connectivity index (χ0v) is 21.2. The molecule has 36 heavy (non-hydrogen) atoms. The van der Waals surface area contributed by atoms with Gasteiger partial charge in [-0.3, -0.25) is 0 Å². The monoisotopic (exact) mass is 496 g/mol. The van der Waals surface area contributed by atoms with Gasteiger partial charge in [0.1, 0.15) is 5.75 Å². The van der Waals surface area contributed by atoms with Gasteiger partial charge >= 0.3 is 0 Å². The van der Waals surface area contributed by atoms with E-state index < -0.39 is 10.0 Å². The largest absolute Gasteiger partial charge is 0.496 e. The predicted molar refractivity (Wildman–Crippen MR) is 145 cm³/mol. The van der Waals surface area contributed by atoms with E-state index in [1.54, 1.807) is 19.2 Å². The summed E-state index contributed by atoms with van der Waals surface area (Å²) in [4.78, 5) is 2.45. The van der Waals surface area contributed by atoms with Crippen LogP contribution in [0, 0.1) is 6.92 Å². The standard InChI is InChI=1S/C30H28N2O3S/c1-23-17-19-26(20-18-23)36(33,34)31-21-9-13-27-29(15-8-16-30(27)35-2)32(25-11-4-3-5-12-25)28-14-7-6-10-24(28)22-31/h3-20H,21-22H2,1-2H3/b13-9-. The van der Waals surface area contributed by atoms with Crippen LogP contribution in [-0.4, -0.2) is 26.4 Å². The smallest absolute Gasteiger partial charge is 0.243 e. The number of hydrogen-bond donors (Lipinski definition) is 0. The molecule has 0 N–H and O–H groups in total. The summed E-state index contributed by atoms with van der Waals surface area (Å²) in [5, 5.41) is 0. The third-order valence-corrected chi connectivity index (χ3v) is 8.18. The lowest BCUT2D eigenvalue weighted by Crippen LogP contribution is -2.32. The minimum Gasteiger partial charge on any atom is -0.496 e. The van der Waals surface area contributed by atoms with Crippen LogP contribution < -0.4 is 9.64 Å². The van der Waals surface area contributed by atoms with Crippen LogP contribution in [0.2, 0.25) is 0 Å². The lowest BCUT2D eigenvalue weighted by molar-refractivity contribution is 0.414. The van der Waals surface area contributed by atoms with Crippen LogP contribution in [0.25, 0.3) is 6.08 Å². The predicted octanol–water partition coefficient (Wildman–Crippen LogP) is 6.69. The number of anilines is 3. The van der Waals surface area contributed by atoms with E-state index in [0.717, 1.165) is 39.5 Å². The highest BCUT2D eigenvalue weighted by Crippen LogP contribution is 2.42. The SMILES string of the molecule is COc1cccc2c1/C=C\CN(S(=O)(=O)c1ccc(C)cc1)Cc1ccccc1N2c1ccccc1. The summed E-state index contributed by atoms with van der Waals surface area (Å²) in [6.45, 7) is 2.41. The first-order valence-corrected chi connectivity index (χ1v) is 13.3. The zero-order chi connectivity index (χ0) is 25.1. The van der Waals surface area contributed by atoms with Gasteiger partial charge in [0.25, 0.3) is 0 Å². The molecule has 182 valence electrons. The molecule has 1 aliphatic heterocycles. The maximum Gasteiger partial charge on any atom is 0.243 e. The van der Waals surface area contributed by atoms with Gasteiger partial charge in [0.2, 0.25) is 10.0 Å². The number of hydrogen-bond acceptors (Lipinski definition) is 4. The number of benzene rings is 4. The van der Waals surface area contributed by atoms with Gasteiger partial charge in [-0.15, -0.1) is 0 Å². The van der Waals surface area contributed by atoms with Crippen LogP contribution in [-0.2, 0) is 16.6 Å². The van der Waals surface area contributed by atoms with Crippen molar-refractivity contribution in [1.82, 2.24) is 4.31 Å². The number of sulfonamides is 1. The lowest BCUT2D eigenvalue weighted by atomic mass is 10.0. The molecule has 6 heteroatoms. The van der Waals surface area contributed by atoms with Gasteiger partial charge in [-0.05, 0) is 55.0 Å². The molecule has 5 rings (SSSR count). The van der Waals surface area contributed by atoms with E-state index in [1.165, 1.54) is 4.31 Å². The molecule has 1 aliphatic rings. The van der Waals surface area contributed by atoms with Crippen molar-refractivity contribution in [2.24, 2.45) is 0 Å². The van der Waals surface area contributed by atoms with E-state index in [2.05, 4.69) is 23.1 Å². The highest BCUT2D eigenvalue weighted by Gasteiger charge is 2.27. The van der Waals surface area contributed by atoms with Crippen LogP contribution in [0.5, 0.6) is 5.75 Å². The van der Waals surface area contributed by atoms with Crippen molar-refractivity contribution in [2.45, 2.75) is 18.4 Å². The lowest BCUT2D eigenvalue weighted by Gasteiger charge is -2.32. The van der Waals surface area contributed by atoms with Gasteiger partial charge < -0.3 is 9.64 Å². The molecule has 4 aromatic carbocycles. The average Bonchev–Trinajstić information content (AvgIpc) is 2.90. The Kier molecular flexibility index (Phi) is 6.63. The molecular weight excluding hydrogens is 468 g/mol. The molecule has 0 atom stereocenters. The van der Waals surface area contributed by atoms with Crippen LogP contribution in [0.15, 0.2) is 108 Å². The second kappa shape index (κ2) is 10.0. The quantitative estimate of drug-likeness (QED) is 0.316. The third-order valence-electron chi connectivity index (χ3n) is 6.35. The summed E-state index contributed by atoms with van der Waals surface area (Å²) in [7, 11) is -2.08. The number of rotatable bonds is 4. The first-order chi connectivity index (χ1) is 17.5. The molecule has 4 aromatic rings. The first-order valence-electron chi connectivity index (χ1n) is 11.8. The fourth-order valence-electron chi connectivity index (χ4n) is 4.51. The Morgan fingerprint density at radius 3 is 2.22 bits per heavy atom. The molecule has 0 fully saturated rings. The van der Waals surface area contributed by atoms with E-state index in [-0.39, 0.29) is 18.0 Å². The first kappa shape index (κ1) is 23.9. The third kappa shape index (κ3) is 4.53. The van der Waals surface area contributed by atoms with Crippen molar-refractivity contribution in [1.29, 1.82) is 0 Å². The second-order valence-corrected chi connectivity index (χ2v) is 10.6. The van der Waals surface area contributed by atoms with Crippen LogP contribution in [0.3, 0.4) is 0 Å². The molecule has 0 unspecified atom stereocenters. The summed E-state index contributed by atoms with van der Waals surface area (Å²) >= 11 is 0. The molecule has 0 bridgehead atoms. The summed E-state index contributed by atoms with van der Waals surface area (Å²) in [6, 6.07) is 31.0. The summed E-state index contributed by atoms with van der Waals surface area (Å²) < 4.78 is 34.7. The fraction of sp³-hybridized carbons (Fsp3) is 0.133. The van der Waals surface area contributed by atoms with Crippen molar-refractivity contribution in [2.75, 3.05) is 18.6 Å². The van der Waals surface area contributed by atoms with Gasteiger partial charge in [0, 0.05) is 24.3 Å². The van der Waals surface area contributed by atoms with Gasteiger partial charge in [-0.2, -0.15) is 4.31 Å². The minimum absolute atomic E-state index is 0.230. The zero-order valence-electron chi connectivity index (χ0n) is 20.3. The molecule has 0 aromatic heterocycles. The fourth-order valence-corrected chi connectivity index (χ4v) is 5.88. The van der Waals surface area contributed by atoms with Crippen LogP contribution >= 0.6 is 0 Å².